The van der Waals surface area contributed by atoms with E-state index in [4.69, 9.17) is 4.74 Å². The fourth-order valence-corrected chi connectivity index (χ4v) is 14.2. The van der Waals surface area contributed by atoms with Crippen molar-refractivity contribution < 1.29 is 4.74 Å². The molecule has 1 unspecified atom stereocenters. The molecule has 1 spiro atoms. The molecule has 1 aromatic heterocycles. The number of thiophene rings is 1. The summed E-state index contributed by atoms with van der Waals surface area (Å²) in [5.41, 5.74) is 18.7. The third-order valence-electron chi connectivity index (χ3n) is 16.1. The van der Waals surface area contributed by atoms with Crippen LogP contribution in [0.2, 0.25) is 0 Å². The van der Waals surface area contributed by atoms with Crippen molar-refractivity contribution in [3.63, 3.8) is 0 Å². The van der Waals surface area contributed by atoms with Gasteiger partial charge in [-0.3, -0.25) is 0 Å². The first-order valence-electron chi connectivity index (χ1n) is 24.2. The second kappa shape index (κ2) is 14.2. The van der Waals surface area contributed by atoms with Crippen LogP contribution in [0.15, 0.2) is 224 Å². The summed E-state index contributed by atoms with van der Waals surface area (Å²) < 4.78 is 9.90. The molecule has 0 saturated carbocycles. The highest BCUT2D eigenvalue weighted by atomic mass is 32.1. The van der Waals surface area contributed by atoms with Crippen molar-refractivity contribution in [2.24, 2.45) is 0 Å². The molecule has 1 nitrogen and oxygen atoms in total. The smallest absolute Gasteiger partial charge is 0.140 e. The van der Waals surface area contributed by atoms with Gasteiger partial charge in [0, 0.05) is 53.4 Å². The molecular weight excluding hydrogens is 853 g/mol. The maximum Gasteiger partial charge on any atom is 0.140 e. The number of ether oxygens (including phenoxy) is 1. The molecule has 11 aromatic carbocycles. The van der Waals surface area contributed by atoms with Crippen LogP contribution < -0.4 is 4.74 Å². The summed E-state index contributed by atoms with van der Waals surface area (Å²) in [7, 11) is 0. The Morgan fingerprint density at radius 2 is 0.928 bits per heavy atom. The van der Waals surface area contributed by atoms with E-state index < -0.39 is 5.41 Å². The van der Waals surface area contributed by atoms with E-state index in [2.05, 4.69) is 238 Å². The Bertz CT molecular complexity index is 4060. The molecule has 69 heavy (non-hydrogen) atoms. The van der Waals surface area contributed by atoms with Gasteiger partial charge in [-0.25, -0.2) is 0 Å². The van der Waals surface area contributed by atoms with Gasteiger partial charge in [0.05, 0.1) is 5.41 Å². The molecule has 15 rings (SSSR count). The fraction of sp³-hybridized carbons (Fsp3) is 0.0746. The predicted molar refractivity (Wildman–Crippen MR) is 289 cm³/mol. The van der Waals surface area contributed by atoms with Crippen LogP contribution >= 0.6 is 11.3 Å². The lowest BCUT2D eigenvalue weighted by atomic mass is 9.65. The van der Waals surface area contributed by atoms with Gasteiger partial charge in [0.1, 0.15) is 11.5 Å². The van der Waals surface area contributed by atoms with Gasteiger partial charge in [-0.1, -0.05) is 226 Å². The van der Waals surface area contributed by atoms with E-state index in [1.807, 2.05) is 11.3 Å². The van der Waals surface area contributed by atoms with Gasteiger partial charge in [0.2, 0.25) is 0 Å². The predicted octanol–water partition coefficient (Wildman–Crippen LogP) is 18.0. The van der Waals surface area contributed by atoms with Gasteiger partial charge >= 0.3 is 0 Å². The van der Waals surface area contributed by atoms with E-state index in [1.165, 1.54) is 114 Å². The van der Waals surface area contributed by atoms with Gasteiger partial charge < -0.3 is 4.74 Å². The van der Waals surface area contributed by atoms with Gasteiger partial charge in [-0.15, -0.1) is 11.3 Å². The van der Waals surface area contributed by atoms with Crippen molar-refractivity contribution in [1.82, 2.24) is 0 Å². The van der Waals surface area contributed by atoms with Crippen molar-refractivity contribution in [3.8, 4) is 44.9 Å². The van der Waals surface area contributed by atoms with E-state index in [0.717, 1.165) is 22.3 Å². The van der Waals surface area contributed by atoms with Crippen molar-refractivity contribution in [2.45, 2.75) is 30.6 Å². The zero-order chi connectivity index (χ0) is 45.6. The number of fused-ring (bicyclic) bond motifs is 19. The van der Waals surface area contributed by atoms with E-state index >= 15 is 0 Å². The first-order valence-corrected chi connectivity index (χ1v) is 25.0. The summed E-state index contributed by atoms with van der Waals surface area (Å²) in [6.07, 6.45) is 0. The molecule has 0 radical (unpaired) electrons. The third kappa shape index (κ3) is 5.25. The minimum Gasteiger partial charge on any atom is -0.455 e. The van der Waals surface area contributed by atoms with Gasteiger partial charge in [0.15, 0.2) is 0 Å². The molecule has 3 aliphatic rings. The molecule has 0 N–H and O–H groups in total. The second-order valence-electron chi connectivity index (χ2n) is 19.8. The second-order valence-corrected chi connectivity index (χ2v) is 20.9. The highest BCUT2D eigenvalue weighted by Crippen LogP contribution is 2.65. The van der Waals surface area contributed by atoms with E-state index in [9.17, 15) is 0 Å². The summed E-state index contributed by atoms with van der Waals surface area (Å²) in [6, 6.07) is 84.4. The Balaban J connectivity index is 0.944. The van der Waals surface area contributed by atoms with Crippen LogP contribution in [-0.2, 0) is 10.8 Å². The maximum absolute atomic E-state index is 7.24. The molecule has 0 saturated heterocycles. The Labute approximate surface area is 405 Å². The molecule has 0 bridgehead atoms. The lowest BCUT2D eigenvalue weighted by Gasteiger charge is -2.40. The summed E-state index contributed by atoms with van der Waals surface area (Å²) in [4.78, 5) is 0. The van der Waals surface area contributed by atoms with Gasteiger partial charge in [-0.2, -0.15) is 0 Å². The third-order valence-corrected chi connectivity index (χ3v) is 17.2. The van der Waals surface area contributed by atoms with Crippen LogP contribution in [0.4, 0.5) is 0 Å². The number of rotatable bonds is 4. The van der Waals surface area contributed by atoms with Crippen LogP contribution in [0.25, 0.3) is 75.1 Å². The molecule has 2 aliphatic carbocycles. The first kappa shape index (κ1) is 39.0. The Morgan fingerprint density at radius 1 is 0.377 bits per heavy atom. The molecule has 324 valence electrons. The largest absolute Gasteiger partial charge is 0.455 e. The normalized spacial score (nSPS) is 14.8. The number of hydrogen-bond acceptors (Lipinski definition) is 2. The number of hydrogen-bond donors (Lipinski definition) is 0. The monoisotopic (exact) mass is 896 g/mol. The van der Waals surface area contributed by atoms with E-state index in [1.54, 1.807) is 0 Å². The molecule has 0 fully saturated rings. The van der Waals surface area contributed by atoms with E-state index in [-0.39, 0.29) is 11.3 Å². The molecule has 2 heteroatoms. The van der Waals surface area contributed by atoms with Crippen LogP contribution in [0, 0.1) is 0 Å². The van der Waals surface area contributed by atoms with E-state index in [0.29, 0.717) is 0 Å². The lowest BCUT2D eigenvalue weighted by Crippen LogP contribution is -2.32. The summed E-state index contributed by atoms with van der Waals surface area (Å²) >= 11 is 1.90. The van der Waals surface area contributed by atoms with Crippen molar-refractivity contribution in [1.29, 1.82) is 0 Å². The quantitative estimate of drug-likeness (QED) is 0.160. The molecule has 12 aromatic rings. The first-order chi connectivity index (χ1) is 34.0. The SMILES string of the molecule is CC1(C)c2ccccc2-c2c(C(c3ccc(-c4cccc5c4-c4ccccc4C54c5ccc6ccccc6c5Oc5c4ccc4ccccc54)cc3)c3ccc4c(c3)sc3ccccc34)cccc21. The summed E-state index contributed by atoms with van der Waals surface area (Å²) in [5, 5.41) is 7.25. The molecule has 0 amide bonds. The Morgan fingerprint density at radius 3 is 1.67 bits per heavy atom. The van der Waals surface area contributed by atoms with Crippen LogP contribution in [0.3, 0.4) is 0 Å². The zero-order valence-electron chi connectivity index (χ0n) is 38.3. The maximum atomic E-state index is 7.24. The number of benzene rings is 11. The molecular formula is C67H44OS. The molecule has 2 heterocycles. The standard InChI is InChI=1S/C67H44OS/c1-66(2)53-24-10-7-20-50(53)63-52(23-14-26-55(63)66)61(44-33-36-49-48-19-9-12-28-59(48)69-60(49)39-44)43-31-29-42(30-32-43)45-22-13-27-56-62(45)51-21-8-11-25-54(51)67(56)57-37-34-40-15-3-5-17-46(40)64(57)68-65-47-18-6-4-16-41(47)35-38-58(65)67/h3-39,61H,1-2H3. The minimum absolute atomic E-state index is 0.0101. The van der Waals surface area contributed by atoms with Crippen LogP contribution in [0.5, 0.6) is 11.5 Å². The van der Waals surface area contributed by atoms with Gasteiger partial charge in [-0.05, 0) is 95.2 Å². The Hall–Kier alpha value is -8.04. The van der Waals surface area contributed by atoms with Crippen LogP contribution in [0.1, 0.15) is 69.8 Å². The van der Waals surface area contributed by atoms with Crippen molar-refractivity contribution in [2.75, 3.05) is 0 Å². The summed E-state index contributed by atoms with van der Waals surface area (Å²) in [5.74, 6) is 1.89. The zero-order valence-corrected chi connectivity index (χ0v) is 39.1. The average molecular weight is 897 g/mol. The van der Waals surface area contributed by atoms with Crippen molar-refractivity contribution in [3.05, 3.63) is 275 Å². The highest BCUT2D eigenvalue weighted by molar-refractivity contribution is 7.25. The van der Waals surface area contributed by atoms with Gasteiger partial charge in [0.25, 0.3) is 0 Å². The lowest BCUT2D eigenvalue weighted by molar-refractivity contribution is 0.447. The molecule has 1 aliphatic heterocycles. The summed E-state index contributed by atoms with van der Waals surface area (Å²) in [6.45, 7) is 4.77. The highest BCUT2D eigenvalue weighted by Gasteiger charge is 2.52. The Kier molecular flexibility index (Phi) is 8.05. The minimum atomic E-state index is -0.604. The fourth-order valence-electron chi connectivity index (χ4n) is 13.0. The molecule has 1 atom stereocenters. The topological polar surface area (TPSA) is 9.23 Å². The van der Waals surface area contributed by atoms with Crippen LogP contribution in [-0.4, -0.2) is 0 Å². The van der Waals surface area contributed by atoms with Crippen molar-refractivity contribution >= 4 is 53.1 Å². The average Bonchev–Trinajstić information content (AvgIpc) is 4.00.